The molecule has 0 aromatic heterocycles. The Morgan fingerprint density at radius 2 is 2.00 bits per heavy atom. The van der Waals surface area contributed by atoms with E-state index in [1.165, 1.54) is 18.9 Å². The number of halogens is 3. The Bertz CT molecular complexity index is 391. The van der Waals surface area contributed by atoms with Crippen molar-refractivity contribution in [3.8, 4) is 0 Å². The quantitative estimate of drug-likeness (QED) is 0.801. The van der Waals surface area contributed by atoms with Crippen LogP contribution in [0.5, 0.6) is 0 Å². The predicted octanol–water partition coefficient (Wildman–Crippen LogP) is 4.48. The predicted molar refractivity (Wildman–Crippen MR) is 77.4 cm³/mol. The topological polar surface area (TPSA) is 12.0 Å². The van der Waals surface area contributed by atoms with Crippen molar-refractivity contribution in [1.29, 1.82) is 0 Å². The lowest BCUT2D eigenvalue weighted by atomic mass is 9.89. The maximum atomic E-state index is 13.5. The molecule has 1 aromatic carbocycles. The summed E-state index contributed by atoms with van der Waals surface area (Å²) < 4.78 is 14.4. The molecule has 1 aliphatic carbocycles. The van der Waals surface area contributed by atoms with E-state index in [-0.39, 0.29) is 5.82 Å². The van der Waals surface area contributed by atoms with E-state index in [9.17, 15) is 4.39 Å². The molecular formula is C14H18BrClFN. The molecule has 0 unspecified atom stereocenters. The third kappa shape index (κ3) is 4.22. The fraction of sp³-hybridized carbons (Fsp3) is 0.571. The molecule has 0 atom stereocenters. The van der Waals surface area contributed by atoms with Crippen molar-refractivity contribution in [3.63, 3.8) is 0 Å². The lowest BCUT2D eigenvalue weighted by Gasteiger charge is -2.25. The molecule has 4 heteroatoms. The van der Waals surface area contributed by atoms with Gasteiger partial charge in [-0.25, -0.2) is 4.39 Å². The van der Waals surface area contributed by atoms with Crippen molar-refractivity contribution in [2.45, 2.75) is 37.6 Å². The molecule has 1 nitrogen and oxygen atoms in total. The number of hydrogen-bond acceptors (Lipinski definition) is 1. The minimum absolute atomic E-state index is 0.143. The first-order valence-corrected chi connectivity index (χ1v) is 7.67. The van der Waals surface area contributed by atoms with Gasteiger partial charge in [0.25, 0.3) is 0 Å². The molecule has 0 amide bonds. The number of alkyl halides is 1. The fourth-order valence-corrected chi connectivity index (χ4v) is 3.08. The molecule has 100 valence electrons. The van der Waals surface area contributed by atoms with Gasteiger partial charge in [0.2, 0.25) is 0 Å². The van der Waals surface area contributed by atoms with Gasteiger partial charge in [-0.3, -0.25) is 0 Å². The van der Waals surface area contributed by atoms with Crippen molar-refractivity contribution in [2.75, 3.05) is 6.54 Å². The zero-order valence-corrected chi connectivity index (χ0v) is 12.6. The van der Waals surface area contributed by atoms with E-state index in [0.717, 1.165) is 29.4 Å². The van der Waals surface area contributed by atoms with Crippen LogP contribution in [0.15, 0.2) is 22.7 Å². The largest absolute Gasteiger partial charge is 0.312 e. The van der Waals surface area contributed by atoms with Gasteiger partial charge in [0.05, 0.1) is 0 Å². The molecule has 0 aliphatic heterocycles. The SMILES string of the molecule is Fc1ccc(Br)cc1CNCC1CCC(Cl)CC1. The number of hydrogen-bond donors (Lipinski definition) is 1. The van der Waals surface area contributed by atoms with Crippen molar-refractivity contribution >= 4 is 27.5 Å². The summed E-state index contributed by atoms with van der Waals surface area (Å²) in [6.07, 6.45) is 4.59. The van der Waals surface area contributed by atoms with Crippen LogP contribution in [0.25, 0.3) is 0 Å². The highest BCUT2D eigenvalue weighted by Gasteiger charge is 2.18. The molecule has 0 bridgehead atoms. The van der Waals surface area contributed by atoms with Gasteiger partial charge in [-0.2, -0.15) is 0 Å². The van der Waals surface area contributed by atoms with Gasteiger partial charge in [0.15, 0.2) is 0 Å². The number of rotatable bonds is 4. The number of benzene rings is 1. The second-order valence-electron chi connectivity index (χ2n) is 4.98. The maximum absolute atomic E-state index is 13.5. The average Bonchev–Trinajstić information content (AvgIpc) is 2.36. The van der Waals surface area contributed by atoms with Crippen LogP contribution >= 0.6 is 27.5 Å². The second-order valence-corrected chi connectivity index (χ2v) is 6.52. The van der Waals surface area contributed by atoms with Gasteiger partial charge >= 0.3 is 0 Å². The monoisotopic (exact) mass is 333 g/mol. The summed E-state index contributed by atoms with van der Waals surface area (Å²) in [5.74, 6) is 0.547. The fourth-order valence-electron chi connectivity index (χ4n) is 2.42. The van der Waals surface area contributed by atoms with Crippen LogP contribution in [0.1, 0.15) is 31.2 Å². The van der Waals surface area contributed by atoms with Crippen molar-refractivity contribution in [3.05, 3.63) is 34.1 Å². The van der Waals surface area contributed by atoms with Crippen LogP contribution in [0.3, 0.4) is 0 Å². The Morgan fingerprint density at radius 3 is 2.72 bits per heavy atom. The summed E-state index contributed by atoms with van der Waals surface area (Å²) in [6.45, 7) is 1.54. The van der Waals surface area contributed by atoms with Gasteiger partial charge < -0.3 is 5.32 Å². The average molecular weight is 335 g/mol. The minimum Gasteiger partial charge on any atom is -0.312 e. The summed E-state index contributed by atoms with van der Waals surface area (Å²) in [6, 6.07) is 5.05. The molecule has 18 heavy (non-hydrogen) atoms. The first-order valence-electron chi connectivity index (χ1n) is 6.44. The third-order valence-electron chi connectivity index (χ3n) is 3.53. The van der Waals surface area contributed by atoms with E-state index in [2.05, 4.69) is 21.2 Å². The first kappa shape index (κ1) is 14.3. The summed E-state index contributed by atoms with van der Waals surface area (Å²) in [5.41, 5.74) is 0.718. The summed E-state index contributed by atoms with van der Waals surface area (Å²) in [4.78, 5) is 0. The molecular weight excluding hydrogens is 317 g/mol. The van der Waals surface area contributed by atoms with Crippen molar-refractivity contribution < 1.29 is 4.39 Å². The molecule has 0 spiro atoms. The van der Waals surface area contributed by atoms with E-state index < -0.39 is 0 Å². The Morgan fingerprint density at radius 1 is 1.28 bits per heavy atom. The van der Waals surface area contributed by atoms with Crippen molar-refractivity contribution in [2.24, 2.45) is 5.92 Å². The molecule has 1 aromatic rings. The molecule has 0 radical (unpaired) electrons. The first-order chi connectivity index (χ1) is 8.65. The summed E-state index contributed by atoms with van der Waals surface area (Å²) in [5, 5.41) is 3.71. The molecule has 1 saturated carbocycles. The zero-order valence-electron chi connectivity index (χ0n) is 10.3. The number of nitrogens with one attached hydrogen (secondary N) is 1. The van der Waals surface area contributed by atoms with Gasteiger partial charge in [0, 0.05) is 22.0 Å². The van der Waals surface area contributed by atoms with Crippen LogP contribution in [0, 0.1) is 11.7 Å². The highest BCUT2D eigenvalue weighted by molar-refractivity contribution is 9.10. The van der Waals surface area contributed by atoms with Crippen molar-refractivity contribution in [1.82, 2.24) is 5.32 Å². The standard InChI is InChI=1S/C14H18BrClFN/c15-12-3-6-14(17)11(7-12)9-18-8-10-1-4-13(16)5-2-10/h3,6-7,10,13,18H,1-2,4-5,8-9H2. The highest BCUT2D eigenvalue weighted by atomic mass is 79.9. The molecule has 0 saturated heterocycles. The molecule has 1 fully saturated rings. The normalized spacial score (nSPS) is 24.2. The zero-order chi connectivity index (χ0) is 13.0. The van der Waals surface area contributed by atoms with Crippen LogP contribution in [-0.2, 0) is 6.54 Å². The van der Waals surface area contributed by atoms with E-state index in [0.29, 0.717) is 17.8 Å². The molecule has 0 heterocycles. The third-order valence-corrected chi connectivity index (χ3v) is 4.46. The minimum atomic E-state index is -0.143. The Kier molecular flexibility index (Phi) is 5.46. The van der Waals surface area contributed by atoms with Gasteiger partial charge in [-0.05, 0) is 56.3 Å². The van der Waals surface area contributed by atoms with E-state index in [4.69, 9.17) is 11.6 Å². The van der Waals surface area contributed by atoms with Gasteiger partial charge in [-0.1, -0.05) is 15.9 Å². The lowest BCUT2D eigenvalue weighted by Crippen LogP contribution is -2.26. The van der Waals surface area contributed by atoms with E-state index in [1.807, 2.05) is 6.07 Å². The Labute approximate surface area is 121 Å². The summed E-state index contributed by atoms with van der Waals surface area (Å²) >= 11 is 9.44. The van der Waals surface area contributed by atoms with Crippen LogP contribution in [0.2, 0.25) is 0 Å². The van der Waals surface area contributed by atoms with E-state index in [1.54, 1.807) is 6.07 Å². The molecule has 1 aliphatic rings. The summed E-state index contributed by atoms with van der Waals surface area (Å²) in [7, 11) is 0. The lowest BCUT2D eigenvalue weighted by molar-refractivity contribution is 0.345. The Balaban J connectivity index is 1.76. The second kappa shape index (κ2) is 6.88. The molecule has 1 N–H and O–H groups in total. The van der Waals surface area contributed by atoms with Crippen LogP contribution in [0.4, 0.5) is 4.39 Å². The van der Waals surface area contributed by atoms with Crippen LogP contribution in [-0.4, -0.2) is 11.9 Å². The highest BCUT2D eigenvalue weighted by Crippen LogP contribution is 2.27. The van der Waals surface area contributed by atoms with Gasteiger partial charge in [-0.15, -0.1) is 11.6 Å². The van der Waals surface area contributed by atoms with Gasteiger partial charge in [0.1, 0.15) is 5.82 Å². The van der Waals surface area contributed by atoms with Crippen LogP contribution < -0.4 is 5.32 Å². The van der Waals surface area contributed by atoms with E-state index >= 15 is 0 Å². The Hall–Kier alpha value is -0.120. The smallest absolute Gasteiger partial charge is 0.127 e. The molecule has 2 rings (SSSR count). The maximum Gasteiger partial charge on any atom is 0.127 e.